The van der Waals surface area contributed by atoms with Gasteiger partial charge in [0.2, 0.25) is 0 Å². The zero-order chi connectivity index (χ0) is 19.8. The third-order valence-electron chi connectivity index (χ3n) is 3.98. The number of rotatable bonds is 4. The number of ether oxygens (including phenoxy) is 1. The van der Waals surface area contributed by atoms with Crippen LogP contribution < -0.4 is 10.1 Å². The van der Waals surface area contributed by atoms with Gasteiger partial charge in [-0.1, -0.05) is 18.2 Å². The second-order valence-corrected chi connectivity index (χ2v) is 6.06. The minimum atomic E-state index is -4.80. The van der Waals surface area contributed by atoms with Crippen LogP contribution in [0.4, 0.5) is 13.2 Å². The van der Waals surface area contributed by atoms with Crippen molar-refractivity contribution >= 4 is 16.9 Å². The van der Waals surface area contributed by atoms with Gasteiger partial charge in [0.15, 0.2) is 5.65 Å². The summed E-state index contributed by atoms with van der Waals surface area (Å²) in [7, 11) is 1.73. The standard InChI is InChI=1S/C18H17F3N4O2/c1-10-8-13(15-11(2)24-25(3)16(15)23-10)17(26)22-9-12-6-4-5-7-14(12)27-18(19,20)21/h4-8H,9H2,1-3H3,(H,22,26). The Kier molecular flexibility index (Phi) is 4.77. The normalized spacial score (nSPS) is 11.6. The zero-order valence-corrected chi connectivity index (χ0v) is 14.9. The van der Waals surface area contributed by atoms with E-state index in [0.717, 1.165) is 0 Å². The van der Waals surface area contributed by atoms with E-state index in [1.54, 1.807) is 37.7 Å². The molecule has 0 spiro atoms. The third kappa shape index (κ3) is 4.02. The van der Waals surface area contributed by atoms with E-state index in [-0.39, 0.29) is 17.9 Å². The Morgan fingerprint density at radius 2 is 1.96 bits per heavy atom. The molecule has 1 amide bonds. The number of carbonyl (C=O) groups excluding carboxylic acids is 1. The summed E-state index contributed by atoms with van der Waals surface area (Å²) in [6.45, 7) is 3.40. The summed E-state index contributed by atoms with van der Waals surface area (Å²) in [5, 5.41) is 7.53. The highest BCUT2D eigenvalue weighted by Gasteiger charge is 2.32. The van der Waals surface area contributed by atoms with Crippen molar-refractivity contribution in [1.29, 1.82) is 0 Å². The Morgan fingerprint density at radius 3 is 2.67 bits per heavy atom. The molecule has 142 valence electrons. The van der Waals surface area contributed by atoms with Crippen molar-refractivity contribution < 1.29 is 22.7 Å². The monoisotopic (exact) mass is 378 g/mol. The van der Waals surface area contributed by atoms with E-state index in [1.165, 1.54) is 18.2 Å². The molecule has 1 aromatic carbocycles. The van der Waals surface area contributed by atoms with Crippen LogP contribution in [0.15, 0.2) is 30.3 Å². The highest BCUT2D eigenvalue weighted by Crippen LogP contribution is 2.26. The number of hydrogen-bond acceptors (Lipinski definition) is 4. The molecule has 2 aromatic heterocycles. The summed E-state index contributed by atoms with van der Waals surface area (Å²) in [6.07, 6.45) is -4.80. The number of pyridine rings is 1. The smallest absolute Gasteiger partial charge is 0.405 e. The summed E-state index contributed by atoms with van der Waals surface area (Å²) in [6, 6.07) is 7.30. The van der Waals surface area contributed by atoms with Crippen molar-refractivity contribution in [3.05, 3.63) is 52.8 Å². The third-order valence-corrected chi connectivity index (χ3v) is 3.98. The maximum absolute atomic E-state index is 12.7. The van der Waals surface area contributed by atoms with E-state index in [4.69, 9.17) is 0 Å². The van der Waals surface area contributed by atoms with Crippen molar-refractivity contribution in [2.45, 2.75) is 26.8 Å². The van der Waals surface area contributed by atoms with E-state index < -0.39 is 12.3 Å². The SMILES string of the molecule is Cc1cc(C(=O)NCc2ccccc2OC(F)(F)F)c2c(C)nn(C)c2n1. The average Bonchev–Trinajstić information content (AvgIpc) is 2.86. The molecular weight excluding hydrogens is 361 g/mol. The molecule has 3 aromatic rings. The highest BCUT2D eigenvalue weighted by molar-refractivity contribution is 6.06. The van der Waals surface area contributed by atoms with Crippen LogP contribution in [-0.2, 0) is 13.6 Å². The summed E-state index contributed by atoms with van der Waals surface area (Å²) >= 11 is 0. The second-order valence-electron chi connectivity index (χ2n) is 6.06. The number of para-hydroxylation sites is 1. The molecule has 2 heterocycles. The summed E-state index contributed by atoms with van der Waals surface area (Å²) < 4.78 is 43.2. The van der Waals surface area contributed by atoms with Gasteiger partial charge in [0.25, 0.3) is 5.91 Å². The quantitative estimate of drug-likeness (QED) is 0.755. The number of nitrogens with one attached hydrogen (secondary N) is 1. The minimum absolute atomic E-state index is 0.118. The van der Waals surface area contributed by atoms with Gasteiger partial charge in [-0.05, 0) is 26.0 Å². The second kappa shape index (κ2) is 6.90. The van der Waals surface area contributed by atoms with Crippen LogP contribution in [0, 0.1) is 13.8 Å². The predicted octanol–water partition coefficient (Wildman–Crippen LogP) is 3.41. The van der Waals surface area contributed by atoms with Crippen LogP contribution in [-0.4, -0.2) is 27.0 Å². The molecule has 0 aliphatic rings. The highest BCUT2D eigenvalue weighted by atomic mass is 19.4. The number of amides is 1. The van der Waals surface area contributed by atoms with Crippen LogP contribution in [0.2, 0.25) is 0 Å². The molecule has 0 aliphatic heterocycles. The van der Waals surface area contributed by atoms with E-state index >= 15 is 0 Å². The van der Waals surface area contributed by atoms with Crippen LogP contribution in [0.3, 0.4) is 0 Å². The molecule has 27 heavy (non-hydrogen) atoms. The van der Waals surface area contributed by atoms with Gasteiger partial charge in [0, 0.05) is 24.8 Å². The van der Waals surface area contributed by atoms with Gasteiger partial charge in [-0.3, -0.25) is 9.48 Å². The number of aryl methyl sites for hydroxylation is 3. The predicted molar refractivity (Wildman–Crippen MR) is 92.3 cm³/mol. The molecule has 0 bridgehead atoms. The van der Waals surface area contributed by atoms with E-state index in [1.807, 2.05) is 0 Å². The van der Waals surface area contributed by atoms with E-state index in [9.17, 15) is 18.0 Å². The number of fused-ring (bicyclic) bond motifs is 1. The first-order valence-electron chi connectivity index (χ1n) is 8.08. The molecule has 6 nitrogen and oxygen atoms in total. The molecule has 0 fully saturated rings. The van der Waals surface area contributed by atoms with Crippen molar-refractivity contribution in [3.63, 3.8) is 0 Å². The van der Waals surface area contributed by atoms with Crippen LogP contribution in [0.5, 0.6) is 5.75 Å². The Balaban J connectivity index is 1.87. The molecule has 1 N–H and O–H groups in total. The van der Waals surface area contributed by atoms with Gasteiger partial charge in [0.05, 0.1) is 16.6 Å². The Hall–Kier alpha value is -3.10. The van der Waals surface area contributed by atoms with E-state index in [2.05, 4.69) is 20.1 Å². The van der Waals surface area contributed by atoms with Crippen LogP contribution in [0.25, 0.3) is 11.0 Å². The fourth-order valence-electron chi connectivity index (χ4n) is 2.89. The van der Waals surface area contributed by atoms with Gasteiger partial charge < -0.3 is 10.1 Å². The molecule has 0 saturated carbocycles. The van der Waals surface area contributed by atoms with Crippen LogP contribution >= 0.6 is 0 Å². The molecule has 0 unspecified atom stereocenters. The number of halogens is 3. The fraction of sp³-hybridized carbons (Fsp3) is 0.278. The first-order valence-corrected chi connectivity index (χ1v) is 8.08. The lowest BCUT2D eigenvalue weighted by Gasteiger charge is -2.14. The number of alkyl halides is 3. The number of hydrogen-bond donors (Lipinski definition) is 1. The van der Waals surface area contributed by atoms with Crippen molar-refractivity contribution in [3.8, 4) is 5.75 Å². The van der Waals surface area contributed by atoms with Crippen molar-refractivity contribution in [2.24, 2.45) is 7.05 Å². The zero-order valence-electron chi connectivity index (χ0n) is 14.9. The summed E-state index contributed by atoms with van der Waals surface area (Å²) in [5.74, 6) is -0.776. The first kappa shape index (κ1) is 18.7. The van der Waals surface area contributed by atoms with Gasteiger partial charge >= 0.3 is 6.36 Å². The van der Waals surface area contributed by atoms with E-state index in [0.29, 0.717) is 28.0 Å². The lowest BCUT2D eigenvalue weighted by atomic mass is 10.1. The molecule has 0 radical (unpaired) electrons. The molecular formula is C18H17F3N4O2. The number of carbonyl (C=O) groups is 1. The summed E-state index contributed by atoms with van der Waals surface area (Å²) in [5.41, 5.74) is 2.44. The largest absolute Gasteiger partial charge is 0.573 e. The minimum Gasteiger partial charge on any atom is -0.405 e. The fourth-order valence-corrected chi connectivity index (χ4v) is 2.89. The number of aromatic nitrogens is 3. The number of benzene rings is 1. The molecule has 9 heteroatoms. The molecule has 0 saturated heterocycles. The molecule has 0 atom stereocenters. The summed E-state index contributed by atoms with van der Waals surface area (Å²) in [4.78, 5) is 17.1. The molecule has 0 aliphatic carbocycles. The maximum Gasteiger partial charge on any atom is 0.573 e. The topological polar surface area (TPSA) is 69.0 Å². The number of nitrogens with zero attached hydrogens (tertiary/aromatic N) is 3. The van der Waals surface area contributed by atoms with Crippen molar-refractivity contribution in [2.75, 3.05) is 0 Å². The van der Waals surface area contributed by atoms with Crippen molar-refractivity contribution in [1.82, 2.24) is 20.1 Å². The Bertz CT molecular complexity index is 1010. The van der Waals surface area contributed by atoms with Gasteiger partial charge in [0.1, 0.15) is 5.75 Å². The lowest BCUT2D eigenvalue weighted by Crippen LogP contribution is -2.25. The first-order chi connectivity index (χ1) is 12.7. The average molecular weight is 378 g/mol. The van der Waals surface area contributed by atoms with Crippen LogP contribution in [0.1, 0.15) is 27.3 Å². The maximum atomic E-state index is 12.7. The van der Waals surface area contributed by atoms with Gasteiger partial charge in [-0.25, -0.2) is 4.98 Å². The Labute approximate surface area is 153 Å². The van der Waals surface area contributed by atoms with Gasteiger partial charge in [-0.15, -0.1) is 13.2 Å². The Morgan fingerprint density at radius 1 is 1.26 bits per heavy atom. The molecule has 3 rings (SSSR count). The van der Waals surface area contributed by atoms with Gasteiger partial charge in [-0.2, -0.15) is 5.10 Å². The lowest BCUT2D eigenvalue weighted by molar-refractivity contribution is -0.274.